The van der Waals surface area contributed by atoms with Gasteiger partial charge in [-0.25, -0.2) is 4.79 Å². The Morgan fingerprint density at radius 2 is 1.43 bits per heavy atom. The second kappa shape index (κ2) is 11.4. The summed E-state index contributed by atoms with van der Waals surface area (Å²) in [7, 11) is 0. The molecule has 6 N–H and O–H groups in total. The van der Waals surface area contributed by atoms with Crippen molar-refractivity contribution < 1.29 is 24.3 Å². The van der Waals surface area contributed by atoms with Crippen LogP contribution in [-0.4, -0.2) is 54.0 Å². The highest BCUT2D eigenvalue weighted by atomic mass is 16.4. The van der Waals surface area contributed by atoms with Crippen molar-refractivity contribution >= 4 is 23.7 Å². The van der Waals surface area contributed by atoms with Crippen molar-refractivity contribution in [3.63, 3.8) is 0 Å². The molecule has 0 saturated carbocycles. The lowest BCUT2D eigenvalue weighted by atomic mass is 10.1. The van der Waals surface area contributed by atoms with E-state index >= 15 is 0 Å². The maximum Gasteiger partial charge on any atom is 0.326 e. The Morgan fingerprint density at radius 3 is 1.87 bits per heavy atom. The number of carboxylic acids is 1. The minimum atomic E-state index is -1.24. The molecule has 0 aliphatic carbocycles. The lowest BCUT2D eigenvalue weighted by molar-refractivity contribution is -0.142. The van der Waals surface area contributed by atoms with E-state index in [1.165, 1.54) is 0 Å². The molecular formula is C14H26N4O5. The number of carbonyl (C=O) groups is 4. The third-order valence-corrected chi connectivity index (χ3v) is 3.04. The number of hydrogen-bond donors (Lipinski definition) is 5. The highest BCUT2D eigenvalue weighted by Crippen LogP contribution is 2.01. The first-order chi connectivity index (χ1) is 10.8. The zero-order valence-electron chi connectivity index (χ0n) is 13.6. The highest BCUT2D eigenvalue weighted by Gasteiger charge is 2.24. The molecule has 2 atom stereocenters. The Hall–Kier alpha value is -2.16. The smallest absolute Gasteiger partial charge is 0.326 e. The zero-order chi connectivity index (χ0) is 17.8. The number of aliphatic carboxylic acids is 1. The van der Waals surface area contributed by atoms with Crippen LogP contribution in [0.3, 0.4) is 0 Å². The summed E-state index contributed by atoms with van der Waals surface area (Å²) in [5, 5.41) is 16.5. The molecular weight excluding hydrogens is 304 g/mol. The highest BCUT2D eigenvalue weighted by molar-refractivity contribution is 5.87. The second-order valence-electron chi connectivity index (χ2n) is 4.99. The van der Waals surface area contributed by atoms with Crippen LogP contribution in [-0.2, 0) is 19.2 Å². The summed E-state index contributed by atoms with van der Waals surface area (Å²) in [5.41, 5.74) is 5.65. The molecule has 0 aromatic heterocycles. The summed E-state index contributed by atoms with van der Waals surface area (Å²) in [6, 6.07) is -2.18. The number of nitrogens with two attached hydrogens (primary N) is 1. The minimum absolute atomic E-state index is 0.0147. The summed E-state index contributed by atoms with van der Waals surface area (Å²) in [6.45, 7) is 4.47. The lowest BCUT2D eigenvalue weighted by Gasteiger charge is -2.17. The van der Waals surface area contributed by atoms with Gasteiger partial charge in [-0.15, -0.1) is 0 Å². The van der Waals surface area contributed by atoms with Gasteiger partial charge in [0.2, 0.25) is 17.7 Å². The van der Waals surface area contributed by atoms with E-state index in [1.54, 1.807) is 13.8 Å². The van der Waals surface area contributed by atoms with Crippen LogP contribution >= 0.6 is 0 Å². The lowest BCUT2D eigenvalue weighted by Crippen LogP contribution is -2.49. The van der Waals surface area contributed by atoms with Gasteiger partial charge in [0.05, 0.1) is 6.04 Å². The van der Waals surface area contributed by atoms with Crippen molar-refractivity contribution in [1.82, 2.24) is 16.0 Å². The Balaban J connectivity index is 4.35. The quantitative estimate of drug-likeness (QED) is 0.318. The normalized spacial score (nSPS) is 12.8. The van der Waals surface area contributed by atoms with Crippen LogP contribution in [0.5, 0.6) is 0 Å². The number of nitrogens with one attached hydrogen (secondary N) is 3. The van der Waals surface area contributed by atoms with Gasteiger partial charge in [-0.05, 0) is 26.7 Å². The van der Waals surface area contributed by atoms with Crippen LogP contribution in [0.4, 0.5) is 0 Å². The fourth-order valence-corrected chi connectivity index (χ4v) is 1.80. The Labute approximate surface area is 135 Å². The number of rotatable bonds is 11. The summed E-state index contributed by atoms with van der Waals surface area (Å²) < 4.78 is 0. The van der Waals surface area contributed by atoms with E-state index in [0.29, 0.717) is 13.1 Å². The molecule has 0 aliphatic heterocycles. The van der Waals surface area contributed by atoms with E-state index in [-0.39, 0.29) is 37.5 Å². The molecule has 23 heavy (non-hydrogen) atoms. The van der Waals surface area contributed by atoms with E-state index in [1.807, 2.05) is 0 Å². The fourth-order valence-electron chi connectivity index (χ4n) is 1.80. The third kappa shape index (κ3) is 9.46. The van der Waals surface area contributed by atoms with Gasteiger partial charge in [-0.2, -0.15) is 0 Å². The van der Waals surface area contributed by atoms with Gasteiger partial charge in [0.1, 0.15) is 6.04 Å². The van der Waals surface area contributed by atoms with Crippen LogP contribution in [0.1, 0.15) is 39.5 Å². The molecule has 9 heteroatoms. The van der Waals surface area contributed by atoms with Crippen LogP contribution in [0.2, 0.25) is 0 Å². The van der Waals surface area contributed by atoms with E-state index in [9.17, 15) is 19.2 Å². The minimum Gasteiger partial charge on any atom is -0.480 e. The van der Waals surface area contributed by atoms with Crippen molar-refractivity contribution in [3.05, 3.63) is 0 Å². The van der Waals surface area contributed by atoms with Gasteiger partial charge in [0, 0.05) is 25.9 Å². The maximum absolute atomic E-state index is 11.9. The van der Waals surface area contributed by atoms with E-state index in [2.05, 4.69) is 16.0 Å². The standard InChI is InChI=1S/C14H26N4O5/c1-3-16-11(19)7-5-9(15)13(21)18-10(14(22)23)6-8-12(20)17-4-2/h9-10H,3-8,15H2,1-2H3,(H,16,19)(H,17,20)(H,18,21)(H,22,23)/t9-,10-/m0/s1. The monoisotopic (exact) mass is 330 g/mol. The third-order valence-electron chi connectivity index (χ3n) is 3.04. The zero-order valence-corrected chi connectivity index (χ0v) is 13.6. The number of hydrogen-bond acceptors (Lipinski definition) is 5. The molecule has 0 aromatic rings. The molecule has 0 bridgehead atoms. The largest absolute Gasteiger partial charge is 0.480 e. The number of carbonyl (C=O) groups excluding carboxylic acids is 3. The Morgan fingerprint density at radius 1 is 0.957 bits per heavy atom. The van der Waals surface area contributed by atoms with Crippen molar-refractivity contribution in [2.45, 2.75) is 51.6 Å². The summed E-state index contributed by atoms with van der Waals surface area (Å²) in [6.07, 6.45) is 0.147. The van der Waals surface area contributed by atoms with Crippen LogP contribution in [0, 0.1) is 0 Å². The first-order valence-corrected chi connectivity index (χ1v) is 7.63. The molecule has 3 amide bonds. The second-order valence-corrected chi connectivity index (χ2v) is 4.99. The van der Waals surface area contributed by atoms with Crippen molar-refractivity contribution in [2.75, 3.05) is 13.1 Å². The van der Waals surface area contributed by atoms with E-state index < -0.39 is 24.0 Å². The predicted molar refractivity (Wildman–Crippen MR) is 83.4 cm³/mol. The molecule has 0 unspecified atom stereocenters. The summed E-state index contributed by atoms with van der Waals surface area (Å²) in [5.74, 6) is -2.40. The molecule has 0 fully saturated rings. The van der Waals surface area contributed by atoms with Crippen molar-refractivity contribution in [3.8, 4) is 0 Å². The summed E-state index contributed by atoms with van der Waals surface area (Å²) >= 11 is 0. The molecule has 0 saturated heterocycles. The average Bonchev–Trinajstić information content (AvgIpc) is 2.49. The van der Waals surface area contributed by atoms with Crippen LogP contribution < -0.4 is 21.7 Å². The van der Waals surface area contributed by atoms with Crippen molar-refractivity contribution in [2.24, 2.45) is 5.73 Å². The molecule has 132 valence electrons. The van der Waals surface area contributed by atoms with Crippen molar-refractivity contribution in [1.29, 1.82) is 0 Å². The van der Waals surface area contributed by atoms with Gasteiger partial charge in [-0.3, -0.25) is 14.4 Å². The van der Waals surface area contributed by atoms with Crippen LogP contribution in [0.25, 0.3) is 0 Å². The molecule has 0 radical (unpaired) electrons. The Bertz CT molecular complexity index is 427. The molecule has 0 rings (SSSR count). The van der Waals surface area contributed by atoms with E-state index in [4.69, 9.17) is 10.8 Å². The number of amides is 3. The molecule has 0 spiro atoms. The van der Waals surface area contributed by atoms with Crippen LogP contribution in [0.15, 0.2) is 0 Å². The molecule has 9 nitrogen and oxygen atoms in total. The van der Waals surface area contributed by atoms with E-state index in [0.717, 1.165) is 0 Å². The number of carboxylic acid groups (broad SMARTS) is 1. The average molecular weight is 330 g/mol. The molecule has 0 aliphatic rings. The maximum atomic E-state index is 11.9. The van der Waals surface area contributed by atoms with Gasteiger partial charge in [0.25, 0.3) is 0 Å². The fraction of sp³-hybridized carbons (Fsp3) is 0.714. The topological polar surface area (TPSA) is 151 Å². The first kappa shape index (κ1) is 20.8. The predicted octanol–water partition coefficient (Wildman–Crippen LogP) is -1.28. The van der Waals surface area contributed by atoms with Gasteiger partial charge >= 0.3 is 5.97 Å². The molecule has 0 heterocycles. The SMILES string of the molecule is CCNC(=O)CC[C@H](NC(=O)[C@@H](N)CCC(=O)NCC)C(=O)O. The first-order valence-electron chi connectivity index (χ1n) is 7.63. The van der Waals surface area contributed by atoms with Gasteiger partial charge in [-0.1, -0.05) is 0 Å². The van der Waals surface area contributed by atoms with Gasteiger partial charge in [0.15, 0.2) is 0 Å². The molecule has 0 aromatic carbocycles. The van der Waals surface area contributed by atoms with Gasteiger partial charge < -0.3 is 26.8 Å². The Kier molecular flexibility index (Phi) is 10.3. The summed E-state index contributed by atoms with van der Waals surface area (Å²) in [4.78, 5) is 45.6.